The van der Waals surface area contributed by atoms with Crippen molar-refractivity contribution >= 4 is 40.0 Å². The Morgan fingerprint density at radius 3 is 2.53 bits per heavy atom. The highest BCUT2D eigenvalue weighted by atomic mass is 35.5. The number of aromatic amines is 1. The van der Waals surface area contributed by atoms with Crippen LogP contribution in [0.5, 0.6) is 0 Å². The number of anilines is 1. The van der Waals surface area contributed by atoms with Crippen molar-refractivity contribution in [3.63, 3.8) is 0 Å². The predicted octanol–water partition coefficient (Wildman–Crippen LogP) is 3.75. The number of rotatable bonds is 4. The van der Waals surface area contributed by atoms with Crippen LogP contribution in [0.25, 0.3) is 10.9 Å². The number of piperazine rings is 1. The van der Waals surface area contributed by atoms with E-state index in [9.17, 15) is 14.0 Å². The lowest BCUT2D eigenvalue weighted by Gasteiger charge is -2.37. The van der Waals surface area contributed by atoms with Crippen LogP contribution in [0, 0.1) is 5.82 Å². The number of benzene rings is 2. The summed E-state index contributed by atoms with van der Waals surface area (Å²) in [4.78, 5) is 32.4. The maximum Gasteiger partial charge on any atom is 0.270 e. The van der Waals surface area contributed by atoms with Gasteiger partial charge in [-0.1, -0.05) is 29.8 Å². The molecule has 4 rings (SSSR count). The molecular weight excluding hydrogens is 407 g/mol. The summed E-state index contributed by atoms with van der Waals surface area (Å²) >= 11 is 5.77. The lowest BCUT2D eigenvalue weighted by Crippen LogP contribution is -2.54. The first-order valence-electron chi connectivity index (χ1n) is 9.79. The van der Waals surface area contributed by atoms with Gasteiger partial charge in [0, 0.05) is 42.8 Å². The van der Waals surface area contributed by atoms with Gasteiger partial charge in [0.2, 0.25) is 5.91 Å². The first kappa shape index (κ1) is 20.4. The molecule has 1 saturated heterocycles. The van der Waals surface area contributed by atoms with E-state index in [-0.39, 0.29) is 22.9 Å². The number of nitrogens with one attached hydrogen (secondary N) is 2. The summed E-state index contributed by atoms with van der Waals surface area (Å²) in [6, 6.07) is 13.3. The third-order valence-corrected chi connectivity index (χ3v) is 5.77. The molecule has 1 fully saturated rings. The molecule has 6 nitrogen and oxygen atoms in total. The molecule has 8 heteroatoms. The highest BCUT2D eigenvalue weighted by molar-refractivity contribution is 6.31. The summed E-state index contributed by atoms with van der Waals surface area (Å²) in [5.74, 6) is -0.768. The molecule has 2 N–H and O–H groups in total. The number of aromatic nitrogens is 1. The van der Waals surface area contributed by atoms with Crippen LogP contribution >= 0.6 is 11.6 Å². The van der Waals surface area contributed by atoms with Crippen molar-refractivity contribution in [1.29, 1.82) is 0 Å². The molecule has 1 aromatic heterocycles. The Kier molecular flexibility index (Phi) is 5.74. The number of hydrogen-bond acceptors (Lipinski definition) is 3. The monoisotopic (exact) mass is 428 g/mol. The summed E-state index contributed by atoms with van der Waals surface area (Å²) in [6.07, 6.45) is 0. The van der Waals surface area contributed by atoms with Crippen molar-refractivity contribution in [2.75, 3.05) is 31.5 Å². The zero-order chi connectivity index (χ0) is 21.3. The highest BCUT2D eigenvalue weighted by Crippen LogP contribution is 2.20. The van der Waals surface area contributed by atoms with Crippen molar-refractivity contribution in [3.8, 4) is 0 Å². The number of halogens is 2. The van der Waals surface area contributed by atoms with Crippen LogP contribution in [0.4, 0.5) is 10.1 Å². The minimum absolute atomic E-state index is 0.0374. The van der Waals surface area contributed by atoms with E-state index < -0.39 is 5.82 Å². The van der Waals surface area contributed by atoms with Crippen molar-refractivity contribution in [3.05, 3.63) is 65.1 Å². The van der Waals surface area contributed by atoms with Crippen molar-refractivity contribution in [2.24, 2.45) is 0 Å². The third kappa shape index (κ3) is 4.17. The summed E-state index contributed by atoms with van der Waals surface area (Å²) in [6.45, 7) is 4.06. The van der Waals surface area contributed by atoms with Crippen LogP contribution in [-0.2, 0) is 4.79 Å². The lowest BCUT2D eigenvalue weighted by molar-refractivity contribution is -0.121. The quantitative estimate of drug-likeness (QED) is 0.665. The minimum atomic E-state index is -0.529. The molecule has 3 aromatic rings. The molecule has 1 atom stereocenters. The zero-order valence-electron chi connectivity index (χ0n) is 16.5. The van der Waals surface area contributed by atoms with E-state index in [4.69, 9.17) is 11.6 Å². The zero-order valence-corrected chi connectivity index (χ0v) is 17.2. The number of nitrogens with zero attached hydrogens (tertiary/aromatic N) is 2. The molecule has 0 spiro atoms. The fourth-order valence-electron chi connectivity index (χ4n) is 3.66. The Labute approximate surface area is 178 Å². The number of hydrogen-bond donors (Lipinski definition) is 2. The number of H-pyrrole nitrogens is 1. The second kappa shape index (κ2) is 8.45. The summed E-state index contributed by atoms with van der Waals surface area (Å²) < 4.78 is 13.3. The fourth-order valence-corrected chi connectivity index (χ4v) is 3.84. The number of para-hydroxylation sites is 1. The molecule has 0 aliphatic carbocycles. The lowest BCUT2D eigenvalue weighted by atomic mass is 10.2. The van der Waals surface area contributed by atoms with E-state index in [1.807, 2.05) is 42.2 Å². The smallest absolute Gasteiger partial charge is 0.270 e. The average molecular weight is 429 g/mol. The molecule has 2 amide bonds. The third-order valence-electron chi connectivity index (χ3n) is 5.48. The van der Waals surface area contributed by atoms with Crippen molar-refractivity contribution < 1.29 is 14.0 Å². The van der Waals surface area contributed by atoms with Gasteiger partial charge in [0.25, 0.3) is 5.91 Å². The van der Waals surface area contributed by atoms with Gasteiger partial charge in [-0.3, -0.25) is 14.5 Å². The number of carbonyl (C=O) groups excluding carboxylic acids is 2. The SMILES string of the molecule is CC(C(=O)Nc1ccc(F)c(Cl)c1)N1CCN(C(=O)c2cc3ccccc3[nH]2)CC1. The molecule has 1 aliphatic heterocycles. The topological polar surface area (TPSA) is 68.4 Å². The Hall–Kier alpha value is -2.90. The molecule has 156 valence electrons. The van der Waals surface area contributed by atoms with Gasteiger partial charge < -0.3 is 15.2 Å². The standard InChI is InChI=1S/C22H22ClFN4O2/c1-14(21(29)25-16-6-7-18(24)17(23)13-16)27-8-10-28(11-9-27)22(30)20-12-15-4-2-3-5-19(15)26-20/h2-7,12-14,26H,8-11H2,1H3,(H,25,29). The van der Waals surface area contributed by atoms with Crippen molar-refractivity contribution in [1.82, 2.24) is 14.8 Å². The fraction of sp³-hybridized carbons (Fsp3) is 0.273. The molecular formula is C22H22ClFN4O2. The number of amides is 2. The Balaban J connectivity index is 1.34. The first-order valence-corrected chi connectivity index (χ1v) is 10.2. The molecule has 0 radical (unpaired) electrons. The summed E-state index contributed by atoms with van der Waals surface area (Å²) in [7, 11) is 0. The highest BCUT2D eigenvalue weighted by Gasteiger charge is 2.28. The van der Waals surface area contributed by atoms with Gasteiger partial charge in [-0.25, -0.2) is 4.39 Å². The van der Waals surface area contributed by atoms with Gasteiger partial charge in [0.05, 0.1) is 11.1 Å². The predicted molar refractivity (Wildman–Crippen MR) is 115 cm³/mol. The number of carbonyl (C=O) groups is 2. The molecule has 30 heavy (non-hydrogen) atoms. The van der Waals surface area contributed by atoms with E-state index in [0.717, 1.165) is 10.9 Å². The van der Waals surface area contributed by atoms with E-state index in [2.05, 4.69) is 10.3 Å². The molecule has 1 aliphatic rings. The molecule has 1 unspecified atom stereocenters. The maximum atomic E-state index is 13.3. The minimum Gasteiger partial charge on any atom is -0.351 e. The second-order valence-corrected chi connectivity index (χ2v) is 7.80. The van der Waals surface area contributed by atoms with Gasteiger partial charge in [0.15, 0.2) is 0 Å². The van der Waals surface area contributed by atoms with Crippen LogP contribution in [-0.4, -0.2) is 58.8 Å². The first-order chi connectivity index (χ1) is 14.4. The second-order valence-electron chi connectivity index (χ2n) is 7.39. The molecule has 2 aromatic carbocycles. The molecule has 0 bridgehead atoms. The van der Waals surface area contributed by atoms with Crippen LogP contribution in [0.3, 0.4) is 0 Å². The summed E-state index contributed by atoms with van der Waals surface area (Å²) in [5.41, 5.74) is 1.96. The van der Waals surface area contributed by atoms with Crippen LogP contribution < -0.4 is 5.32 Å². The largest absolute Gasteiger partial charge is 0.351 e. The van der Waals surface area contributed by atoms with E-state index in [1.165, 1.54) is 18.2 Å². The van der Waals surface area contributed by atoms with Gasteiger partial charge in [0.1, 0.15) is 11.5 Å². The van der Waals surface area contributed by atoms with E-state index in [0.29, 0.717) is 37.6 Å². The Morgan fingerprint density at radius 2 is 1.83 bits per heavy atom. The van der Waals surface area contributed by atoms with Gasteiger partial charge in [-0.05, 0) is 37.3 Å². The normalized spacial score (nSPS) is 15.9. The molecule has 2 heterocycles. The maximum absolute atomic E-state index is 13.3. The average Bonchev–Trinajstić information content (AvgIpc) is 3.19. The van der Waals surface area contributed by atoms with Crippen LogP contribution in [0.1, 0.15) is 17.4 Å². The van der Waals surface area contributed by atoms with Gasteiger partial charge >= 0.3 is 0 Å². The van der Waals surface area contributed by atoms with E-state index >= 15 is 0 Å². The van der Waals surface area contributed by atoms with Crippen LogP contribution in [0.2, 0.25) is 5.02 Å². The Bertz CT molecular complexity index is 1060. The summed E-state index contributed by atoms with van der Waals surface area (Å²) in [5, 5.41) is 3.73. The van der Waals surface area contributed by atoms with Crippen molar-refractivity contribution in [2.45, 2.75) is 13.0 Å². The van der Waals surface area contributed by atoms with Crippen LogP contribution in [0.15, 0.2) is 48.5 Å². The Morgan fingerprint density at radius 1 is 1.10 bits per heavy atom. The van der Waals surface area contributed by atoms with Gasteiger partial charge in [-0.15, -0.1) is 0 Å². The van der Waals surface area contributed by atoms with E-state index in [1.54, 1.807) is 4.90 Å². The number of fused-ring (bicyclic) bond motifs is 1. The molecule has 0 saturated carbocycles. The van der Waals surface area contributed by atoms with Gasteiger partial charge in [-0.2, -0.15) is 0 Å².